The van der Waals surface area contributed by atoms with Gasteiger partial charge in [-0.2, -0.15) is 0 Å². The summed E-state index contributed by atoms with van der Waals surface area (Å²) in [4.78, 5) is 15.7. The Morgan fingerprint density at radius 3 is 3.15 bits per heavy atom. The van der Waals surface area contributed by atoms with E-state index in [1.165, 1.54) is 4.90 Å². The summed E-state index contributed by atoms with van der Waals surface area (Å²) in [6.45, 7) is 3.95. The van der Waals surface area contributed by atoms with Crippen molar-refractivity contribution in [2.45, 2.75) is 6.54 Å². The third kappa shape index (κ3) is 1.96. The molecule has 0 bridgehead atoms. The highest BCUT2D eigenvalue weighted by atomic mass is 16.1. The van der Waals surface area contributed by atoms with Crippen LogP contribution in [-0.2, 0) is 6.54 Å². The van der Waals surface area contributed by atoms with Crippen molar-refractivity contribution in [3.05, 3.63) is 34.2 Å². The molecule has 3 N–H and O–H groups in total. The van der Waals surface area contributed by atoms with E-state index in [0.29, 0.717) is 0 Å². The molecule has 1 fully saturated rings. The molecule has 1 atom stereocenters. The Bertz CT molecular complexity index is 328. The van der Waals surface area contributed by atoms with Gasteiger partial charge in [0.1, 0.15) is 13.2 Å². The van der Waals surface area contributed by atoms with Crippen LogP contribution in [0.4, 0.5) is 0 Å². The molecule has 1 aromatic rings. The van der Waals surface area contributed by atoms with Crippen molar-refractivity contribution < 1.29 is 4.90 Å². The molecule has 0 saturated carbocycles. The van der Waals surface area contributed by atoms with Crippen molar-refractivity contribution in [2.24, 2.45) is 0 Å². The number of nitrogens with one attached hydrogen (secondary N) is 3. The molecular weight excluding hydrogens is 166 g/mol. The molecule has 0 aliphatic carbocycles. The van der Waals surface area contributed by atoms with Crippen LogP contribution < -0.4 is 15.6 Å². The molecule has 1 unspecified atom stereocenters. The van der Waals surface area contributed by atoms with Gasteiger partial charge in [0.25, 0.3) is 0 Å². The Morgan fingerprint density at radius 2 is 2.46 bits per heavy atom. The van der Waals surface area contributed by atoms with Gasteiger partial charge in [-0.05, 0) is 0 Å². The average Bonchev–Trinajstić information content (AvgIpc) is 2.61. The quantitative estimate of drug-likeness (QED) is 0.509. The topological polar surface area (TPSA) is 49.3 Å². The van der Waals surface area contributed by atoms with Gasteiger partial charge in [0.05, 0.1) is 12.1 Å². The number of rotatable bonds is 2. The third-order valence-corrected chi connectivity index (χ3v) is 2.38. The summed E-state index contributed by atoms with van der Waals surface area (Å²) in [5, 5.41) is 3.26. The second kappa shape index (κ2) is 3.72. The van der Waals surface area contributed by atoms with Crippen LogP contribution in [0.1, 0.15) is 5.56 Å². The molecule has 1 aliphatic heterocycles. The Hall–Kier alpha value is -1.13. The summed E-state index contributed by atoms with van der Waals surface area (Å²) in [5.41, 5.74) is 1.01. The van der Waals surface area contributed by atoms with E-state index in [1.807, 2.05) is 0 Å². The van der Waals surface area contributed by atoms with Gasteiger partial charge in [0, 0.05) is 25.0 Å². The van der Waals surface area contributed by atoms with Gasteiger partial charge in [-0.15, -0.1) is 0 Å². The first-order valence-corrected chi connectivity index (χ1v) is 4.56. The molecule has 0 amide bonds. The smallest absolute Gasteiger partial charge is 0.190 e. The van der Waals surface area contributed by atoms with Crippen molar-refractivity contribution in [1.29, 1.82) is 0 Å². The molecule has 4 heteroatoms. The summed E-state index contributed by atoms with van der Waals surface area (Å²) < 4.78 is 0. The second-order valence-electron chi connectivity index (χ2n) is 3.39. The Kier molecular flexibility index (Phi) is 2.42. The number of hydrogen-bond acceptors (Lipinski definition) is 2. The van der Waals surface area contributed by atoms with Crippen LogP contribution in [0.3, 0.4) is 0 Å². The van der Waals surface area contributed by atoms with Crippen LogP contribution >= 0.6 is 0 Å². The number of pyridine rings is 1. The lowest BCUT2D eigenvalue weighted by Gasteiger charge is -2.09. The molecule has 70 valence electrons. The largest absolute Gasteiger partial charge is 0.367 e. The van der Waals surface area contributed by atoms with Gasteiger partial charge in [-0.3, -0.25) is 10.1 Å². The van der Waals surface area contributed by atoms with E-state index in [2.05, 4.69) is 10.3 Å². The molecular formula is C9H14N3O+. The predicted molar refractivity (Wildman–Crippen MR) is 49.5 cm³/mol. The van der Waals surface area contributed by atoms with Gasteiger partial charge in [-0.25, -0.2) is 0 Å². The summed E-state index contributed by atoms with van der Waals surface area (Å²) in [6.07, 6.45) is 3.47. The van der Waals surface area contributed by atoms with E-state index < -0.39 is 0 Å². The Labute approximate surface area is 76.6 Å². The maximum Gasteiger partial charge on any atom is 0.190 e. The third-order valence-electron chi connectivity index (χ3n) is 2.38. The SMILES string of the molecule is O=c1cc[nH]cc1C[NH+]1CCNC1. The zero-order valence-corrected chi connectivity index (χ0v) is 7.47. The van der Waals surface area contributed by atoms with Crippen molar-refractivity contribution in [3.8, 4) is 0 Å². The van der Waals surface area contributed by atoms with Crippen LogP contribution in [0.2, 0.25) is 0 Å². The molecule has 2 heterocycles. The molecule has 1 aromatic heterocycles. The monoisotopic (exact) mass is 180 g/mol. The van der Waals surface area contributed by atoms with Crippen LogP contribution in [-0.4, -0.2) is 24.7 Å². The Balaban J connectivity index is 2.08. The van der Waals surface area contributed by atoms with Crippen LogP contribution in [0.5, 0.6) is 0 Å². The fourth-order valence-corrected chi connectivity index (χ4v) is 1.63. The van der Waals surface area contributed by atoms with Crippen LogP contribution in [0.15, 0.2) is 23.3 Å². The first-order chi connectivity index (χ1) is 6.36. The summed E-state index contributed by atoms with van der Waals surface area (Å²) in [6, 6.07) is 1.58. The summed E-state index contributed by atoms with van der Waals surface area (Å²) in [5.74, 6) is 0. The highest BCUT2D eigenvalue weighted by molar-refractivity contribution is 5.07. The van der Waals surface area contributed by atoms with Gasteiger partial charge in [-0.1, -0.05) is 0 Å². The summed E-state index contributed by atoms with van der Waals surface area (Å²) >= 11 is 0. The second-order valence-corrected chi connectivity index (χ2v) is 3.39. The van der Waals surface area contributed by atoms with Crippen molar-refractivity contribution in [3.63, 3.8) is 0 Å². The van der Waals surface area contributed by atoms with Gasteiger partial charge in [0.2, 0.25) is 0 Å². The minimum Gasteiger partial charge on any atom is -0.367 e. The van der Waals surface area contributed by atoms with Crippen LogP contribution in [0, 0.1) is 0 Å². The van der Waals surface area contributed by atoms with Gasteiger partial charge in [0.15, 0.2) is 5.43 Å². The number of aromatic nitrogens is 1. The highest BCUT2D eigenvalue weighted by Crippen LogP contribution is 1.84. The van der Waals surface area contributed by atoms with Gasteiger partial charge < -0.3 is 9.88 Å². The fraction of sp³-hybridized carbons (Fsp3) is 0.444. The van der Waals surface area contributed by atoms with E-state index >= 15 is 0 Å². The van der Waals surface area contributed by atoms with E-state index in [4.69, 9.17) is 0 Å². The molecule has 2 rings (SSSR count). The number of quaternary nitrogens is 1. The zero-order valence-electron chi connectivity index (χ0n) is 7.47. The lowest BCUT2D eigenvalue weighted by Crippen LogP contribution is -3.09. The Morgan fingerprint density at radius 1 is 1.54 bits per heavy atom. The minimum absolute atomic E-state index is 0.137. The molecule has 4 nitrogen and oxygen atoms in total. The lowest BCUT2D eigenvalue weighted by molar-refractivity contribution is -0.902. The number of aromatic amines is 1. The average molecular weight is 180 g/mol. The predicted octanol–water partition coefficient (Wildman–Crippen LogP) is -1.68. The maximum atomic E-state index is 11.4. The minimum atomic E-state index is 0.137. The molecule has 0 radical (unpaired) electrons. The van der Waals surface area contributed by atoms with Gasteiger partial charge >= 0.3 is 0 Å². The molecule has 0 spiro atoms. The lowest BCUT2D eigenvalue weighted by atomic mass is 10.2. The standard InChI is InChI=1S/C9H13N3O/c13-9-1-2-10-5-8(9)6-12-4-3-11-7-12/h1-2,5,11H,3-4,6-7H2,(H,10,13)/p+1. The van der Waals surface area contributed by atoms with E-state index in [-0.39, 0.29) is 5.43 Å². The van der Waals surface area contributed by atoms with Crippen molar-refractivity contribution in [1.82, 2.24) is 10.3 Å². The first kappa shape index (κ1) is 8.47. The molecule has 1 saturated heterocycles. The van der Waals surface area contributed by atoms with E-state index in [0.717, 1.165) is 31.9 Å². The van der Waals surface area contributed by atoms with Crippen LogP contribution in [0.25, 0.3) is 0 Å². The molecule has 0 aromatic carbocycles. The maximum absolute atomic E-state index is 11.4. The summed E-state index contributed by atoms with van der Waals surface area (Å²) in [7, 11) is 0. The highest BCUT2D eigenvalue weighted by Gasteiger charge is 2.15. The first-order valence-electron chi connectivity index (χ1n) is 4.56. The van der Waals surface area contributed by atoms with E-state index in [9.17, 15) is 4.79 Å². The molecule has 13 heavy (non-hydrogen) atoms. The van der Waals surface area contributed by atoms with Crippen molar-refractivity contribution >= 4 is 0 Å². The van der Waals surface area contributed by atoms with E-state index in [1.54, 1.807) is 18.5 Å². The zero-order chi connectivity index (χ0) is 9.10. The molecule has 1 aliphatic rings. The number of hydrogen-bond donors (Lipinski definition) is 3. The fourth-order valence-electron chi connectivity index (χ4n) is 1.63. The number of H-pyrrole nitrogens is 1. The van der Waals surface area contributed by atoms with Crippen molar-refractivity contribution in [2.75, 3.05) is 19.8 Å². The normalized spacial score (nSPS) is 22.0.